The van der Waals surface area contributed by atoms with Crippen LogP contribution < -0.4 is 10.6 Å². The zero-order valence-corrected chi connectivity index (χ0v) is 23.5. The van der Waals surface area contributed by atoms with Crippen molar-refractivity contribution >= 4 is 98.1 Å². The average Bonchev–Trinajstić information content (AvgIpc) is 3.42. The third kappa shape index (κ3) is 6.26. The predicted molar refractivity (Wildman–Crippen MR) is 154 cm³/mol. The number of hydrogen-bond acceptors (Lipinski definition) is 6. The summed E-state index contributed by atoms with van der Waals surface area (Å²) < 4.78 is 0. The van der Waals surface area contributed by atoms with E-state index in [9.17, 15) is 19.5 Å². The summed E-state index contributed by atoms with van der Waals surface area (Å²) in [5, 5.41) is 15.5. The molecule has 4 aromatic rings. The van der Waals surface area contributed by atoms with Gasteiger partial charge < -0.3 is 15.7 Å². The third-order valence-electron chi connectivity index (χ3n) is 5.08. The summed E-state index contributed by atoms with van der Waals surface area (Å²) in [6, 6.07) is 15.9. The molecule has 0 spiro atoms. The van der Waals surface area contributed by atoms with Gasteiger partial charge in [-0.1, -0.05) is 76.7 Å². The van der Waals surface area contributed by atoms with Gasteiger partial charge in [-0.05, 0) is 29.8 Å². The highest BCUT2D eigenvalue weighted by atomic mass is 35.5. The molecule has 0 fully saturated rings. The third-order valence-corrected chi connectivity index (χ3v) is 8.83. The van der Waals surface area contributed by atoms with E-state index in [1.165, 1.54) is 23.1 Å². The minimum Gasteiger partial charge on any atom is -0.478 e. The van der Waals surface area contributed by atoms with Crippen molar-refractivity contribution in [2.24, 2.45) is 0 Å². The first-order chi connectivity index (χ1) is 18.2. The van der Waals surface area contributed by atoms with Crippen LogP contribution in [0, 0.1) is 0 Å². The van der Waals surface area contributed by atoms with Crippen molar-refractivity contribution in [2.45, 2.75) is 10.1 Å². The van der Waals surface area contributed by atoms with Crippen molar-refractivity contribution in [1.82, 2.24) is 4.98 Å². The van der Waals surface area contributed by atoms with Crippen molar-refractivity contribution in [3.05, 3.63) is 103 Å². The molecule has 1 atom stereocenters. The van der Waals surface area contributed by atoms with Crippen LogP contribution in [0.5, 0.6) is 0 Å². The van der Waals surface area contributed by atoms with Crippen LogP contribution in [0.15, 0.2) is 71.1 Å². The SMILES string of the molecule is O=C(O)c1c(Cl)c(Cl)c(Cl)c(Cl)c1C(=O)Nc1ccc(SC(C(=O)Nc2nccs2)c2ccccc2)cc1. The summed E-state index contributed by atoms with van der Waals surface area (Å²) >= 11 is 26.8. The number of nitrogens with one attached hydrogen (secondary N) is 2. The number of nitrogens with zero attached hydrogens (tertiary/aromatic N) is 1. The number of hydrogen-bond donors (Lipinski definition) is 3. The lowest BCUT2D eigenvalue weighted by atomic mass is 10.1. The van der Waals surface area contributed by atoms with Crippen LogP contribution in [0.3, 0.4) is 0 Å². The molecule has 0 saturated heterocycles. The molecule has 0 aliphatic heterocycles. The Kier molecular flexibility index (Phi) is 9.19. The quantitative estimate of drug-likeness (QED) is 0.103. The molecule has 4 rings (SSSR count). The second-order valence-corrected chi connectivity index (χ2v) is 11.1. The molecule has 1 aromatic heterocycles. The van der Waals surface area contributed by atoms with E-state index in [0.717, 1.165) is 10.5 Å². The topological polar surface area (TPSA) is 108 Å². The highest BCUT2D eigenvalue weighted by Crippen LogP contribution is 2.42. The Hall–Kier alpha value is -2.79. The van der Waals surface area contributed by atoms with Crippen LogP contribution in [0.4, 0.5) is 10.8 Å². The van der Waals surface area contributed by atoms with E-state index >= 15 is 0 Å². The van der Waals surface area contributed by atoms with Gasteiger partial charge in [0.15, 0.2) is 5.13 Å². The zero-order valence-electron chi connectivity index (χ0n) is 18.9. The number of carbonyl (C=O) groups is 3. The number of carboxylic acids is 1. The fraction of sp³-hybridized carbons (Fsp3) is 0.0400. The number of thioether (sulfide) groups is 1. The van der Waals surface area contributed by atoms with E-state index in [4.69, 9.17) is 46.4 Å². The molecule has 2 amide bonds. The van der Waals surface area contributed by atoms with Gasteiger partial charge in [-0.25, -0.2) is 9.78 Å². The lowest BCUT2D eigenvalue weighted by molar-refractivity contribution is -0.115. The molecule has 194 valence electrons. The van der Waals surface area contributed by atoms with Crippen LogP contribution in [0.2, 0.25) is 20.1 Å². The molecule has 7 nitrogen and oxygen atoms in total. The lowest BCUT2D eigenvalue weighted by Gasteiger charge is -2.17. The molecule has 1 heterocycles. The number of aromatic carboxylic acids is 1. The van der Waals surface area contributed by atoms with Crippen LogP contribution in [0.25, 0.3) is 0 Å². The van der Waals surface area contributed by atoms with Crippen molar-refractivity contribution in [3.8, 4) is 0 Å². The van der Waals surface area contributed by atoms with Crippen molar-refractivity contribution < 1.29 is 19.5 Å². The van der Waals surface area contributed by atoms with Gasteiger partial charge in [-0.15, -0.1) is 23.1 Å². The van der Waals surface area contributed by atoms with Gasteiger partial charge >= 0.3 is 5.97 Å². The number of anilines is 2. The molecule has 13 heteroatoms. The highest BCUT2D eigenvalue weighted by Gasteiger charge is 2.29. The predicted octanol–water partition coefficient (Wildman–Crippen LogP) is 8.18. The van der Waals surface area contributed by atoms with Gasteiger partial charge in [0, 0.05) is 22.2 Å². The molecule has 0 bridgehead atoms. The number of amides is 2. The number of benzene rings is 3. The zero-order chi connectivity index (χ0) is 27.4. The van der Waals surface area contributed by atoms with Crippen LogP contribution in [-0.2, 0) is 4.79 Å². The minimum atomic E-state index is -1.49. The number of carbonyl (C=O) groups excluding carboxylic acids is 2. The Bertz CT molecular complexity index is 1500. The molecule has 0 radical (unpaired) electrons. The maximum atomic E-state index is 13.1. The first kappa shape index (κ1) is 28.2. The van der Waals surface area contributed by atoms with E-state index in [-0.39, 0.29) is 21.0 Å². The fourth-order valence-corrected chi connectivity index (χ4v) is 5.92. The maximum absolute atomic E-state index is 13.1. The number of thiazole rings is 1. The first-order valence-electron chi connectivity index (χ1n) is 10.6. The molecule has 3 N–H and O–H groups in total. The maximum Gasteiger partial charge on any atom is 0.338 e. The Balaban J connectivity index is 1.55. The molecule has 38 heavy (non-hydrogen) atoms. The Morgan fingerprint density at radius 1 is 0.842 bits per heavy atom. The number of halogens is 4. The summed E-state index contributed by atoms with van der Waals surface area (Å²) in [5.41, 5.74) is 0.168. The molecule has 3 aromatic carbocycles. The van der Waals surface area contributed by atoms with E-state index < -0.39 is 33.3 Å². The number of aromatic nitrogens is 1. The Morgan fingerprint density at radius 3 is 2.05 bits per heavy atom. The standard InChI is InChI=1S/C25H15Cl4N3O4S2/c26-17-15(16(24(35)36)18(27)20(29)19(17)28)22(33)31-13-6-8-14(9-7-13)38-21(12-4-2-1-3-5-12)23(34)32-25-30-10-11-37-25/h1-11,21H,(H,31,33)(H,35,36)(H,30,32,34). The lowest BCUT2D eigenvalue weighted by Crippen LogP contribution is -2.19. The summed E-state index contributed by atoms with van der Waals surface area (Å²) in [4.78, 5) is 42.7. The van der Waals surface area contributed by atoms with Crippen molar-refractivity contribution in [3.63, 3.8) is 0 Å². The van der Waals surface area contributed by atoms with Gasteiger partial charge in [0.1, 0.15) is 5.25 Å². The fourth-order valence-electron chi connectivity index (χ4n) is 3.35. The van der Waals surface area contributed by atoms with E-state index in [1.807, 2.05) is 30.3 Å². The molecule has 0 saturated carbocycles. The highest BCUT2D eigenvalue weighted by molar-refractivity contribution is 8.00. The van der Waals surface area contributed by atoms with Crippen LogP contribution in [0.1, 0.15) is 31.5 Å². The summed E-state index contributed by atoms with van der Waals surface area (Å²) in [5.74, 6) is -2.56. The summed E-state index contributed by atoms with van der Waals surface area (Å²) in [7, 11) is 0. The van der Waals surface area contributed by atoms with E-state index in [2.05, 4.69) is 15.6 Å². The largest absolute Gasteiger partial charge is 0.478 e. The van der Waals surface area contributed by atoms with Gasteiger partial charge in [-0.2, -0.15) is 0 Å². The monoisotopic (exact) mass is 625 g/mol. The average molecular weight is 627 g/mol. The number of rotatable bonds is 8. The molecule has 0 aliphatic rings. The van der Waals surface area contributed by atoms with Gasteiger partial charge in [0.25, 0.3) is 5.91 Å². The van der Waals surface area contributed by atoms with E-state index in [1.54, 1.807) is 35.8 Å². The smallest absolute Gasteiger partial charge is 0.338 e. The summed E-state index contributed by atoms with van der Waals surface area (Å²) in [6.45, 7) is 0. The molecule has 1 unspecified atom stereocenters. The van der Waals surface area contributed by atoms with Crippen LogP contribution in [-0.4, -0.2) is 27.9 Å². The molecular formula is C25H15Cl4N3O4S2. The first-order valence-corrected chi connectivity index (χ1v) is 13.9. The molecule has 0 aliphatic carbocycles. The van der Waals surface area contributed by atoms with Gasteiger partial charge in [0.2, 0.25) is 5.91 Å². The van der Waals surface area contributed by atoms with E-state index in [0.29, 0.717) is 10.8 Å². The van der Waals surface area contributed by atoms with Gasteiger partial charge in [0.05, 0.1) is 31.2 Å². The normalized spacial score (nSPS) is 11.6. The summed E-state index contributed by atoms with van der Waals surface area (Å²) in [6.07, 6.45) is 1.61. The Morgan fingerprint density at radius 2 is 1.47 bits per heavy atom. The molecular weight excluding hydrogens is 612 g/mol. The Labute approximate surface area is 245 Å². The second kappa shape index (κ2) is 12.4. The van der Waals surface area contributed by atoms with Crippen molar-refractivity contribution in [1.29, 1.82) is 0 Å². The second-order valence-electron chi connectivity index (χ2n) is 7.52. The van der Waals surface area contributed by atoms with Crippen LogP contribution >= 0.6 is 69.5 Å². The van der Waals surface area contributed by atoms with Crippen molar-refractivity contribution in [2.75, 3.05) is 10.6 Å². The number of carboxylic acid groups (broad SMARTS) is 1. The van der Waals surface area contributed by atoms with Gasteiger partial charge in [-0.3, -0.25) is 9.59 Å². The minimum absolute atomic E-state index is 0.233.